The van der Waals surface area contributed by atoms with Gasteiger partial charge in [0, 0.05) is 13.1 Å². The number of aliphatic hydroxyl groups excluding tert-OH is 1. The average molecular weight is 483 g/mol. The Morgan fingerprint density at radius 1 is 1.06 bits per heavy atom. The SMILES string of the molecule is COc1ccc(Oc2cc(N(C)CCOc3ccc(CC4SC(=O)NC4O)cc3)ncn2)cc1. The van der Waals surface area contributed by atoms with Gasteiger partial charge in [-0.3, -0.25) is 4.79 Å². The molecule has 178 valence electrons. The minimum atomic E-state index is -0.812. The quantitative estimate of drug-likeness (QED) is 0.449. The first-order valence-corrected chi connectivity index (χ1v) is 11.6. The molecule has 1 fully saturated rings. The van der Waals surface area contributed by atoms with Gasteiger partial charge >= 0.3 is 0 Å². The number of benzene rings is 2. The minimum absolute atomic E-state index is 0.181. The van der Waals surface area contributed by atoms with Crippen molar-refractivity contribution in [2.75, 3.05) is 32.2 Å². The molecule has 0 aliphatic carbocycles. The summed E-state index contributed by atoms with van der Waals surface area (Å²) in [4.78, 5) is 21.8. The van der Waals surface area contributed by atoms with E-state index < -0.39 is 6.23 Å². The smallest absolute Gasteiger partial charge is 0.281 e. The molecule has 1 saturated heterocycles. The molecule has 0 radical (unpaired) electrons. The summed E-state index contributed by atoms with van der Waals surface area (Å²) in [6.07, 6.45) is 1.25. The lowest BCUT2D eigenvalue weighted by atomic mass is 10.1. The monoisotopic (exact) mass is 482 g/mol. The van der Waals surface area contributed by atoms with E-state index >= 15 is 0 Å². The summed E-state index contributed by atoms with van der Waals surface area (Å²) in [7, 11) is 3.54. The topological polar surface area (TPSA) is 106 Å². The number of aromatic nitrogens is 2. The molecule has 10 heteroatoms. The molecule has 2 unspecified atom stereocenters. The Morgan fingerprint density at radius 3 is 2.44 bits per heavy atom. The van der Waals surface area contributed by atoms with E-state index in [4.69, 9.17) is 14.2 Å². The Balaban J connectivity index is 1.25. The number of ether oxygens (including phenoxy) is 3. The molecule has 3 aromatic rings. The third-order valence-corrected chi connectivity index (χ3v) is 6.29. The largest absolute Gasteiger partial charge is 0.497 e. The first-order valence-electron chi connectivity index (χ1n) is 10.7. The maximum Gasteiger partial charge on any atom is 0.281 e. The number of methoxy groups -OCH3 is 1. The number of thioether (sulfide) groups is 1. The van der Waals surface area contributed by atoms with Crippen LogP contribution < -0.4 is 24.4 Å². The fraction of sp³-hybridized carbons (Fsp3) is 0.292. The fourth-order valence-corrected chi connectivity index (χ4v) is 4.27. The van der Waals surface area contributed by atoms with Crippen molar-refractivity contribution < 1.29 is 24.1 Å². The molecule has 4 rings (SSSR count). The van der Waals surface area contributed by atoms with Crippen molar-refractivity contribution in [2.24, 2.45) is 0 Å². The zero-order valence-corrected chi connectivity index (χ0v) is 19.7. The van der Waals surface area contributed by atoms with Gasteiger partial charge in [0.1, 0.15) is 42.2 Å². The Hall–Kier alpha value is -3.50. The van der Waals surface area contributed by atoms with Crippen LogP contribution in [0.25, 0.3) is 0 Å². The lowest BCUT2D eigenvalue weighted by Crippen LogP contribution is -2.31. The molecule has 0 spiro atoms. The summed E-state index contributed by atoms with van der Waals surface area (Å²) in [6.45, 7) is 1.07. The van der Waals surface area contributed by atoms with Crippen LogP contribution >= 0.6 is 11.8 Å². The van der Waals surface area contributed by atoms with Crippen molar-refractivity contribution in [3.8, 4) is 23.1 Å². The summed E-state index contributed by atoms with van der Waals surface area (Å²) in [5, 5.41) is 12.0. The van der Waals surface area contributed by atoms with Gasteiger partial charge in [0.2, 0.25) is 5.88 Å². The molecular weight excluding hydrogens is 456 g/mol. The lowest BCUT2D eigenvalue weighted by Gasteiger charge is -2.19. The van der Waals surface area contributed by atoms with E-state index in [0.717, 1.165) is 28.8 Å². The Bertz CT molecular complexity index is 1100. The van der Waals surface area contributed by atoms with Crippen LogP contribution in [0.4, 0.5) is 10.6 Å². The van der Waals surface area contributed by atoms with Crippen molar-refractivity contribution in [2.45, 2.75) is 17.9 Å². The van der Waals surface area contributed by atoms with Gasteiger partial charge in [-0.05, 0) is 48.4 Å². The van der Waals surface area contributed by atoms with Gasteiger partial charge in [0.05, 0.1) is 18.9 Å². The van der Waals surface area contributed by atoms with Crippen molar-refractivity contribution in [3.05, 3.63) is 66.5 Å². The maximum atomic E-state index is 11.4. The summed E-state index contributed by atoms with van der Waals surface area (Å²) in [5.74, 6) is 3.32. The molecule has 0 bridgehead atoms. The highest BCUT2D eigenvalue weighted by molar-refractivity contribution is 8.14. The molecule has 1 amide bonds. The summed E-state index contributed by atoms with van der Waals surface area (Å²) >= 11 is 1.13. The summed E-state index contributed by atoms with van der Waals surface area (Å²) < 4.78 is 16.8. The number of anilines is 1. The Labute approximate surface area is 202 Å². The van der Waals surface area contributed by atoms with E-state index in [1.54, 1.807) is 13.2 Å². The van der Waals surface area contributed by atoms with Crippen LogP contribution in [0, 0.1) is 0 Å². The first-order chi connectivity index (χ1) is 16.5. The van der Waals surface area contributed by atoms with E-state index in [1.807, 2.05) is 60.5 Å². The van der Waals surface area contributed by atoms with E-state index in [1.165, 1.54) is 6.33 Å². The van der Waals surface area contributed by atoms with E-state index in [0.29, 0.717) is 37.0 Å². The van der Waals surface area contributed by atoms with Crippen molar-refractivity contribution in [3.63, 3.8) is 0 Å². The predicted octanol–water partition coefficient (Wildman–Crippen LogP) is 3.48. The highest BCUT2D eigenvalue weighted by Crippen LogP contribution is 2.26. The van der Waals surface area contributed by atoms with Crippen LogP contribution in [0.1, 0.15) is 5.56 Å². The van der Waals surface area contributed by atoms with Crippen molar-refractivity contribution in [1.29, 1.82) is 0 Å². The summed E-state index contributed by atoms with van der Waals surface area (Å²) in [5.41, 5.74) is 1.03. The van der Waals surface area contributed by atoms with Crippen LogP contribution in [0.15, 0.2) is 60.9 Å². The second-order valence-electron chi connectivity index (χ2n) is 7.64. The molecular formula is C24H26N4O5S. The van der Waals surface area contributed by atoms with E-state index in [9.17, 15) is 9.90 Å². The number of hydrogen-bond donors (Lipinski definition) is 2. The van der Waals surface area contributed by atoms with Crippen molar-refractivity contribution in [1.82, 2.24) is 15.3 Å². The van der Waals surface area contributed by atoms with E-state index in [2.05, 4.69) is 15.3 Å². The van der Waals surface area contributed by atoms with Gasteiger partial charge in [-0.2, -0.15) is 0 Å². The standard InChI is InChI=1S/C24H26N4O5S/c1-28(21-14-22(26-15-25-21)33-19-9-7-17(31-2)8-10-19)11-12-32-18-5-3-16(4-6-18)13-20-23(29)27-24(30)34-20/h3-10,14-15,20,23,29H,11-13H2,1-2H3,(H,27,30). The number of carbonyl (C=O) groups excluding carboxylic acids is 1. The number of likely N-dealkylation sites (N-methyl/N-ethyl adjacent to an activating group) is 1. The second-order valence-corrected chi connectivity index (χ2v) is 8.86. The minimum Gasteiger partial charge on any atom is -0.497 e. The molecule has 2 aromatic carbocycles. The molecule has 2 atom stereocenters. The number of nitrogens with one attached hydrogen (secondary N) is 1. The third kappa shape index (κ3) is 6.30. The molecule has 34 heavy (non-hydrogen) atoms. The van der Waals surface area contributed by atoms with Crippen LogP contribution in [0.3, 0.4) is 0 Å². The highest BCUT2D eigenvalue weighted by atomic mass is 32.2. The van der Waals surface area contributed by atoms with Gasteiger partial charge in [0.25, 0.3) is 5.24 Å². The molecule has 9 nitrogen and oxygen atoms in total. The van der Waals surface area contributed by atoms with E-state index in [-0.39, 0.29) is 10.5 Å². The second kappa shape index (κ2) is 11.1. The van der Waals surface area contributed by atoms with Crippen LogP contribution in [-0.2, 0) is 6.42 Å². The molecule has 0 saturated carbocycles. The van der Waals surface area contributed by atoms with Gasteiger partial charge < -0.3 is 29.5 Å². The number of amides is 1. The lowest BCUT2D eigenvalue weighted by molar-refractivity contribution is 0.152. The third-order valence-electron chi connectivity index (χ3n) is 5.23. The predicted molar refractivity (Wildman–Crippen MR) is 130 cm³/mol. The fourth-order valence-electron chi connectivity index (χ4n) is 3.33. The zero-order chi connectivity index (χ0) is 23.9. The number of carbonyl (C=O) groups is 1. The van der Waals surface area contributed by atoms with Gasteiger partial charge in [-0.1, -0.05) is 23.9 Å². The van der Waals surface area contributed by atoms with Gasteiger partial charge in [-0.25, -0.2) is 9.97 Å². The van der Waals surface area contributed by atoms with Crippen LogP contribution in [0.2, 0.25) is 0 Å². The zero-order valence-electron chi connectivity index (χ0n) is 18.9. The Kier molecular flexibility index (Phi) is 7.71. The number of rotatable bonds is 10. The Morgan fingerprint density at radius 2 is 1.76 bits per heavy atom. The van der Waals surface area contributed by atoms with Crippen molar-refractivity contribution >= 4 is 22.8 Å². The molecule has 2 heterocycles. The molecule has 1 aromatic heterocycles. The summed E-state index contributed by atoms with van der Waals surface area (Å²) in [6, 6.07) is 16.7. The van der Waals surface area contributed by atoms with Crippen LogP contribution in [-0.4, -0.2) is 59.1 Å². The van der Waals surface area contributed by atoms with Gasteiger partial charge in [-0.15, -0.1) is 0 Å². The average Bonchev–Trinajstić information content (AvgIpc) is 3.17. The highest BCUT2D eigenvalue weighted by Gasteiger charge is 2.31. The first kappa shape index (κ1) is 23.7. The normalized spacial score (nSPS) is 17.2. The number of aliphatic hydroxyl groups is 1. The maximum absolute atomic E-state index is 11.4. The number of hydrogen-bond acceptors (Lipinski definition) is 9. The molecule has 1 aliphatic heterocycles. The van der Waals surface area contributed by atoms with Crippen LogP contribution in [0.5, 0.6) is 23.1 Å². The molecule has 2 N–H and O–H groups in total. The molecule has 1 aliphatic rings. The number of nitrogens with zero attached hydrogens (tertiary/aromatic N) is 3. The van der Waals surface area contributed by atoms with Gasteiger partial charge in [0.15, 0.2) is 0 Å².